The zero-order valence-electron chi connectivity index (χ0n) is 32.3. The number of aromatic nitrogens is 1. The van der Waals surface area contributed by atoms with E-state index in [2.05, 4.69) is 75.2 Å². The number of hydrogen-bond acceptors (Lipinski definition) is 7. The van der Waals surface area contributed by atoms with Crippen molar-refractivity contribution in [1.29, 1.82) is 0 Å². The Balaban J connectivity index is 1.50. The van der Waals surface area contributed by atoms with E-state index in [-0.39, 0.29) is 22.1 Å². The van der Waals surface area contributed by atoms with E-state index in [4.69, 9.17) is 25.7 Å². The van der Waals surface area contributed by atoms with Crippen molar-refractivity contribution in [3.8, 4) is 5.75 Å². The third-order valence-corrected chi connectivity index (χ3v) is 18.5. The van der Waals surface area contributed by atoms with Gasteiger partial charge in [-0.25, -0.2) is 18.1 Å². The van der Waals surface area contributed by atoms with Gasteiger partial charge in [-0.1, -0.05) is 70.0 Å². The number of fused-ring (bicyclic) bond motifs is 3. The van der Waals surface area contributed by atoms with Gasteiger partial charge in [0, 0.05) is 29.8 Å². The van der Waals surface area contributed by atoms with Crippen LogP contribution in [0.15, 0.2) is 55.1 Å². The highest BCUT2D eigenvalue weighted by Gasteiger charge is 2.47. The molecule has 52 heavy (non-hydrogen) atoms. The van der Waals surface area contributed by atoms with E-state index in [0.29, 0.717) is 48.7 Å². The lowest BCUT2D eigenvalue weighted by atomic mass is 9.69. The standard InChI is InChI=1S/C41H60ClN3O5SSi/c1-9-11-13-17-36(50-52(7,8)40(4,5)6)32-20-18-31(32)26-45-27-41(24-14-16-34-33(41)21-23-38(42)43-34)28-49-37-22-19-30(25-35(37)45)39(46)44-51(47,48)29(3)15-12-10-2/h10,13,17,19,21-23,25,29,31-32,36H,2,9,11-12,14-16,18,20,24,26-28H2,1,3-8H3,(H,44,46)/b17-13+/t29?,31-,32+,36?,41-/m0/s1. The van der Waals surface area contributed by atoms with Crippen LogP contribution in [0.4, 0.5) is 5.69 Å². The van der Waals surface area contributed by atoms with Crippen LogP contribution >= 0.6 is 11.6 Å². The first-order valence-corrected chi connectivity index (χ1v) is 24.0. The molecule has 1 spiro atoms. The van der Waals surface area contributed by atoms with Gasteiger partial charge < -0.3 is 14.1 Å². The molecule has 1 N–H and O–H groups in total. The number of pyridine rings is 1. The quantitative estimate of drug-likeness (QED) is 0.116. The van der Waals surface area contributed by atoms with E-state index in [1.165, 1.54) is 5.56 Å². The van der Waals surface area contributed by atoms with Gasteiger partial charge in [-0.05, 0) is 118 Å². The number of nitrogens with one attached hydrogen (secondary N) is 1. The molecule has 0 bridgehead atoms. The lowest BCUT2D eigenvalue weighted by molar-refractivity contribution is 0.0524. The number of ether oxygens (including phenoxy) is 1. The van der Waals surface area contributed by atoms with Gasteiger partial charge >= 0.3 is 0 Å². The minimum absolute atomic E-state index is 0.0370. The summed E-state index contributed by atoms with van der Waals surface area (Å²) in [5, 5.41) is -0.140. The molecule has 0 radical (unpaired) electrons. The second-order valence-electron chi connectivity index (χ2n) is 16.8. The number of nitrogens with zero attached hydrogens (tertiary/aromatic N) is 2. The molecule has 3 aliphatic rings. The topological polar surface area (TPSA) is 97.8 Å². The molecule has 286 valence electrons. The van der Waals surface area contributed by atoms with Gasteiger partial charge in [-0.3, -0.25) is 4.79 Å². The minimum atomic E-state index is -3.87. The van der Waals surface area contributed by atoms with Gasteiger partial charge in [0.2, 0.25) is 10.0 Å². The molecule has 1 aromatic heterocycles. The summed E-state index contributed by atoms with van der Waals surface area (Å²) in [6.45, 7) is 21.0. The normalized spacial score (nSPS) is 23.2. The molecular weight excluding hydrogens is 710 g/mol. The van der Waals surface area contributed by atoms with Crippen molar-refractivity contribution in [3.63, 3.8) is 0 Å². The summed E-state index contributed by atoms with van der Waals surface area (Å²) in [6.07, 6.45) is 14.4. The number of allylic oxidation sites excluding steroid dienone is 2. The molecule has 8 nitrogen and oxygen atoms in total. The highest BCUT2D eigenvalue weighted by atomic mass is 35.5. The molecule has 1 aromatic carbocycles. The van der Waals surface area contributed by atoms with Crippen molar-refractivity contribution in [2.24, 2.45) is 11.8 Å². The third-order valence-electron chi connectivity index (χ3n) is 12.1. The third kappa shape index (κ3) is 8.99. The van der Waals surface area contributed by atoms with E-state index >= 15 is 0 Å². The van der Waals surface area contributed by atoms with Crippen LogP contribution in [0, 0.1) is 11.8 Å². The van der Waals surface area contributed by atoms with Crippen molar-refractivity contribution in [2.45, 2.75) is 127 Å². The van der Waals surface area contributed by atoms with Crippen LogP contribution in [0.25, 0.3) is 0 Å². The number of aryl methyl sites for hydroxylation is 1. The second kappa shape index (κ2) is 16.4. The number of rotatable bonds is 14. The van der Waals surface area contributed by atoms with E-state index in [0.717, 1.165) is 62.9 Å². The zero-order chi connectivity index (χ0) is 37.9. The van der Waals surface area contributed by atoms with Crippen LogP contribution in [-0.4, -0.2) is 58.7 Å². The van der Waals surface area contributed by atoms with Crippen LogP contribution in [0.5, 0.6) is 5.75 Å². The maximum absolute atomic E-state index is 13.6. The van der Waals surface area contributed by atoms with Gasteiger partial charge in [0.1, 0.15) is 10.9 Å². The highest BCUT2D eigenvalue weighted by Crippen LogP contribution is 2.48. The number of carbonyl (C=O) groups is 1. The predicted octanol–water partition coefficient (Wildman–Crippen LogP) is 9.40. The molecule has 2 unspecified atom stereocenters. The fourth-order valence-corrected chi connectivity index (χ4v) is 10.1. The molecule has 5 rings (SSSR count). The average molecular weight is 771 g/mol. The van der Waals surface area contributed by atoms with Gasteiger partial charge in [0.15, 0.2) is 8.32 Å². The van der Waals surface area contributed by atoms with Crippen LogP contribution in [0.1, 0.15) is 108 Å². The Morgan fingerprint density at radius 1 is 1.23 bits per heavy atom. The summed E-state index contributed by atoms with van der Waals surface area (Å²) in [5.74, 6) is 0.773. The molecule has 1 saturated carbocycles. The Kier molecular flexibility index (Phi) is 12.8. The number of sulfonamides is 1. The molecule has 11 heteroatoms. The lowest BCUT2D eigenvalue weighted by Gasteiger charge is -2.48. The van der Waals surface area contributed by atoms with Gasteiger partial charge in [-0.15, -0.1) is 6.58 Å². The van der Waals surface area contributed by atoms with Crippen molar-refractivity contribution in [3.05, 3.63) is 77.1 Å². The first kappa shape index (κ1) is 40.5. The summed E-state index contributed by atoms with van der Waals surface area (Å²) < 4.78 is 42.3. The largest absolute Gasteiger partial charge is 0.490 e. The molecule has 2 aliphatic carbocycles. The number of amides is 1. The van der Waals surface area contributed by atoms with Crippen LogP contribution in [0.3, 0.4) is 0 Å². The van der Waals surface area contributed by atoms with Gasteiger partial charge in [-0.2, -0.15) is 0 Å². The molecular formula is C41H60ClN3O5SSi. The van der Waals surface area contributed by atoms with E-state index < -0.39 is 29.5 Å². The summed E-state index contributed by atoms with van der Waals surface area (Å²) in [4.78, 5) is 20.7. The molecule has 1 aliphatic heterocycles. The average Bonchev–Trinajstić information content (AvgIpc) is 3.21. The van der Waals surface area contributed by atoms with Crippen molar-refractivity contribution in [2.75, 3.05) is 24.6 Å². The first-order valence-electron chi connectivity index (χ1n) is 19.2. The molecule has 0 saturated heterocycles. The monoisotopic (exact) mass is 769 g/mol. The number of carbonyl (C=O) groups excluding carboxylic acids is 1. The maximum Gasteiger partial charge on any atom is 0.264 e. The maximum atomic E-state index is 13.6. The lowest BCUT2D eigenvalue weighted by Crippen LogP contribution is -2.52. The SMILES string of the molecule is C=CCCC(C)S(=O)(=O)NC(=O)c1ccc2c(c1)N(C[C@@H]1CC[C@H]1C(/C=C/CCC)O[Si](C)(C)C(C)(C)C)C[C@@]1(CCCc3nc(Cl)ccc31)CO2. The molecule has 5 atom stereocenters. The summed E-state index contributed by atoms with van der Waals surface area (Å²) in [5.41, 5.74) is 2.96. The molecule has 1 amide bonds. The molecule has 2 heterocycles. The molecule has 1 fully saturated rings. The van der Waals surface area contributed by atoms with Gasteiger partial charge in [0.25, 0.3) is 5.91 Å². The summed E-state index contributed by atoms with van der Waals surface area (Å²) in [6, 6.07) is 9.30. The zero-order valence-corrected chi connectivity index (χ0v) is 34.9. The second-order valence-corrected chi connectivity index (χ2v) is 24.1. The predicted molar refractivity (Wildman–Crippen MR) is 216 cm³/mol. The Hall–Kier alpha value is -2.66. The Morgan fingerprint density at radius 2 is 2.00 bits per heavy atom. The van der Waals surface area contributed by atoms with Gasteiger partial charge in [0.05, 0.1) is 23.6 Å². The smallest absolute Gasteiger partial charge is 0.264 e. The van der Waals surface area contributed by atoms with Crippen molar-refractivity contribution in [1.82, 2.24) is 9.71 Å². The Bertz CT molecular complexity index is 1740. The van der Waals surface area contributed by atoms with Crippen LogP contribution in [-0.2, 0) is 26.3 Å². The summed E-state index contributed by atoms with van der Waals surface area (Å²) in [7, 11) is -5.93. The van der Waals surface area contributed by atoms with E-state index in [1.54, 1.807) is 19.1 Å². The number of unbranched alkanes of at least 4 members (excludes halogenated alkanes) is 1. The number of anilines is 1. The Labute approximate surface area is 319 Å². The fourth-order valence-electron chi connectivity index (χ4n) is 7.61. The van der Waals surface area contributed by atoms with Crippen LogP contribution < -0.4 is 14.4 Å². The highest BCUT2D eigenvalue weighted by molar-refractivity contribution is 7.90. The van der Waals surface area contributed by atoms with Crippen molar-refractivity contribution >= 4 is 41.5 Å². The van der Waals surface area contributed by atoms with Crippen LogP contribution in [0.2, 0.25) is 23.3 Å². The fraction of sp³-hybridized carbons (Fsp3) is 0.610. The van der Waals surface area contributed by atoms with E-state index in [9.17, 15) is 13.2 Å². The number of hydrogen-bond donors (Lipinski definition) is 1. The molecule has 2 aromatic rings. The minimum Gasteiger partial charge on any atom is -0.490 e. The number of benzene rings is 1. The van der Waals surface area contributed by atoms with E-state index in [1.807, 2.05) is 18.2 Å². The number of halogens is 1. The van der Waals surface area contributed by atoms with Crippen molar-refractivity contribution < 1.29 is 22.4 Å². The Morgan fingerprint density at radius 3 is 2.67 bits per heavy atom. The summed E-state index contributed by atoms with van der Waals surface area (Å²) >= 11 is 6.38. The first-order chi connectivity index (χ1) is 24.5.